The van der Waals surface area contributed by atoms with Crippen LogP contribution in [0.2, 0.25) is 0 Å². The standard InChI is InChI=1S/C24H26N4O5/c1-31-17-10-11-20(32-2)18(15-17)25-21(29)12-13-22-26-23(27-33-22)19-9-6-14-28(19)24(30)16-7-4-3-5-8-16/h3-5,7-8,10-11,15,19H,6,9,12-14H2,1-2H3,(H,25,29). The number of benzene rings is 2. The molecule has 2 aromatic carbocycles. The minimum Gasteiger partial charge on any atom is -0.497 e. The first-order valence-electron chi connectivity index (χ1n) is 10.8. The molecule has 4 rings (SSSR count). The molecule has 172 valence electrons. The second-order valence-corrected chi connectivity index (χ2v) is 7.68. The number of anilines is 1. The molecule has 1 aliphatic rings. The van der Waals surface area contributed by atoms with Gasteiger partial charge in [-0.25, -0.2) is 0 Å². The minimum atomic E-state index is -0.231. The molecular weight excluding hydrogens is 424 g/mol. The average molecular weight is 450 g/mol. The first-order valence-corrected chi connectivity index (χ1v) is 10.8. The molecule has 0 saturated carbocycles. The number of nitrogens with one attached hydrogen (secondary N) is 1. The summed E-state index contributed by atoms with van der Waals surface area (Å²) in [5, 5.41) is 6.91. The maximum Gasteiger partial charge on any atom is 0.254 e. The Balaban J connectivity index is 1.37. The summed E-state index contributed by atoms with van der Waals surface area (Å²) in [7, 11) is 3.09. The van der Waals surface area contributed by atoms with Crippen molar-refractivity contribution in [1.82, 2.24) is 15.0 Å². The zero-order valence-corrected chi connectivity index (χ0v) is 18.6. The largest absolute Gasteiger partial charge is 0.497 e. The van der Waals surface area contributed by atoms with Gasteiger partial charge in [-0.05, 0) is 37.1 Å². The van der Waals surface area contributed by atoms with Crippen molar-refractivity contribution in [2.45, 2.75) is 31.7 Å². The summed E-state index contributed by atoms with van der Waals surface area (Å²) in [5.41, 5.74) is 1.16. The van der Waals surface area contributed by atoms with Crippen molar-refractivity contribution >= 4 is 17.5 Å². The van der Waals surface area contributed by atoms with E-state index in [2.05, 4.69) is 15.5 Å². The van der Waals surface area contributed by atoms with Gasteiger partial charge in [0.1, 0.15) is 11.5 Å². The number of hydrogen-bond acceptors (Lipinski definition) is 7. The molecule has 2 amide bonds. The summed E-state index contributed by atoms with van der Waals surface area (Å²) >= 11 is 0. The van der Waals surface area contributed by atoms with Gasteiger partial charge in [-0.3, -0.25) is 9.59 Å². The lowest BCUT2D eigenvalue weighted by molar-refractivity contribution is -0.116. The van der Waals surface area contributed by atoms with Gasteiger partial charge in [-0.15, -0.1) is 0 Å². The zero-order valence-electron chi connectivity index (χ0n) is 18.6. The normalized spacial score (nSPS) is 15.3. The van der Waals surface area contributed by atoms with Crippen LogP contribution >= 0.6 is 0 Å². The van der Waals surface area contributed by atoms with Crippen molar-refractivity contribution < 1.29 is 23.6 Å². The van der Waals surface area contributed by atoms with Crippen LogP contribution in [0.5, 0.6) is 11.5 Å². The maximum absolute atomic E-state index is 12.9. The van der Waals surface area contributed by atoms with Crippen molar-refractivity contribution in [1.29, 1.82) is 0 Å². The van der Waals surface area contributed by atoms with Crippen molar-refractivity contribution in [3.8, 4) is 11.5 Å². The number of rotatable bonds is 8. The molecule has 0 spiro atoms. The molecule has 0 aliphatic carbocycles. The predicted octanol–water partition coefficient (Wildman–Crippen LogP) is 3.64. The van der Waals surface area contributed by atoms with Crippen molar-refractivity contribution in [2.24, 2.45) is 0 Å². The van der Waals surface area contributed by atoms with Crippen LogP contribution < -0.4 is 14.8 Å². The van der Waals surface area contributed by atoms with Crippen LogP contribution in [0.1, 0.15) is 47.4 Å². The molecule has 1 aromatic heterocycles. The van der Waals surface area contributed by atoms with Crippen LogP contribution in [0.15, 0.2) is 53.1 Å². The van der Waals surface area contributed by atoms with Crippen LogP contribution in [0.4, 0.5) is 5.69 Å². The van der Waals surface area contributed by atoms with E-state index in [0.717, 1.165) is 12.8 Å². The molecule has 0 bridgehead atoms. The number of likely N-dealkylation sites (tertiary alicyclic amines) is 1. The first kappa shape index (κ1) is 22.3. The Morgan fingerprint density at radius 1 is 1.15 bits per heavy atom. The van der Waals surface area contributed by atoms with Crippen LogP contribution in [0, 0.1) is 0 Å². The number of ether oxygens (including phenoxy) is 2. The highest BCUT2D eigenvalue weighted by molar-refractivity contribution is 5.94. The molecule has 1 saturated heterocycles. The minimum absolute atomic E-state index is 0.0453. The topological polar surface area (TPSA) is 107 Å². The van der Waals surface area contributed by atoms with Gasteiger partial charge in [-0.2, -0.15) is 4.98 Å². The number of amides is 2. The third kappa shape index (κ3) is 5.14. The highest BCUT2D eigenvalue weighted by atomic mass is 16.5. The molecule has 3 aromatic rings. The average Bonchev–Trinajstić information content (AvgIpc) is 3.52. The molecule has 0 radical (unpaired) electrons. The smallest absolute Gasteiger partial charge is 0.254 e. The molecular formula is C24H26N4O5. The Hall–Kier alpha value is -3.88. The van der Waals surface area contributed by atoms with Gasteiger partial charge in [0.05, 0.1) is 25.9 Å². The van der Waals surface area contributed by atoms with Gasteiger partial charge in [0.2, 0.25) is 11.8 Å². The highest BCUT2D eigenvalue weighted by Crippen LogP contribution is 2.32. The summed E-state index contributed by atoms with van der Waals surface area (Å²) < 4.78 is 15.9. The van der Waals surface area contributed by atoms with Crippen molar-refractivity contribution in [2.75, 3.05) is 26.1 Å². The van der Waals surface area contributed by atoms with E-state index in [-0.39, 0.29) is 30.7 Å². The van der Waals surface area contributed by atoms with Crippen molar-refractivity contribution in [3.63, 3.8) is 0 Å². The van der Waals surface area contributed by atoms with E-state index >= 15 is 0 Å². The SMILES string of the molecule is COc1ccc(OC)c(NC(=O)CCc2nc(C3CCCN3C(=O)c3ccccc3)no2)c1. The zero-order chi connectivity index (χ0) is 23.2. The van der Waals surface area contributed by atoms with E-state index in [4.69, 9.17) is 14.0 Å². The Bertz CT molecular complexity index is 1120. The number of methoxy groups -OCH3 is 2. The van der Waals surface area contributed by atoms with Gasteiger partial charge in [0.15, 0.2) is 5.82 Å². The van der Waals surface area contributed by atoms with E-state index < -0.39 is 0 Å². The van der Waals surface area contributed by atoms with Crippen LogP contribution in [-0.4, -0.2) is 47.6 Å². The molecule has 33 heavy (non-hydrogen) atoms. The Kier molecular flexibility index (Phi) is 6.87. The van der Waals surface area contributed by atoms with Crippen LogP contribution in [0.25, 0.3) is 0 Å². The summed E-state index contributed by atoms with van der Waals surface area (Å²) in [4.78, 5) is 31.6. The van der Waals surface area contributed by atoms with Crippen molar-refractivity contribution in [3.05, 3.63) is 65.8 Å². The summed E-state index contributed by atoms with van der Waals surface area (Å²) in [6.07, 6.45) is 2.08. The quantitative estimate of drug-likeness (QED) is 0.558. The molecule has 1 N–H and O–H groups in total. The third-order valence-corrected chi connectivity index (χ3v) is 5.56. The molecule has 1 aliphatic heterocycles. The maximum atomic E-state index is 12.9. The van der Waals surface area contributed by atoms with Crippen LogP contribution in [-0.2, 0) is 11.2 Å². The van der Waals surface area contributed by atoms with E-state index in [1.165, 1.54) is 7.11 Å². The van der Waals surface area contributed by atoms with Gasteiger partial charge in [-0.1, -0.05) is 23.4 Å². The van der Waals surface area contributed by atoms with Gasteiger partial charge in [0.25, 0.3) is 5.91 Å². The third-order valence-electron chi connectivity index (χ3n) is 5.56. The number of hydrogen-bond donors (Lipinski definition) is 1. The Morgan fingerprint density at radius 2 is 1.97 bits per heavy atom. The fourth-order valence-corrected chi connectivity index (χ4v) is 3.87. The molecule has 1 atom stereocenters. The van der Waals surface area contributed by atoms with Gasteiger partial charge < -0.3 is 24.2 Å². The molecule has 2 heterocycles. The van der Waals surface area contributed by atoms with E-state index in [1.807, 2.05) is 18.2 Å². The number of aryl methyl sites for hydroxylation is 1. The first-order chi connectivity index (χ1) is 16.1. The Morgan fingerprint density at radius 3 is 2.73 bits per heavy atom. The molecule has 1 fully saturated rings. The molecule has 9 heteroatoms. The summed E-state index contributed by atoms with van der Waals surface area (Å²) in [6, 6.07) is 14.1. The number of carbonyl (C=O) groups excluding carboxylic acids is 2. The fourth-order valence-electron chi connectivity index (χ4n) is 3.87. The predicted molar refractivity (Wildman–Crippen MR) is 120 cm³/mol. The van der Waals surface area contributed by atoms with Gasteiger partial charge in [0, 0.05) is 31.0 Å². The van der Waals surface area contributed by atoms with Gasteiger partial charge >= 0.3 is 0 Å². The van der Waals surface area contributed by atoms with E-state index in [9.17, 15) is 9.59 Å². The van der Waals surface area contributed by atoms with Crippen LogP contribution in [0.3, 0.4) is 0 Å². The summed E-state index contributed by atoms with van der Waals surface area (Å²) in [5.74, 6) is 1.71. The summed E-state index contributed by atoms with van der Waals surface area (Å²) in [6.45, 7) is 0.646. The number of carbonyl (C=O) groups is 2. The molecule has 1 unspecified atom stereocenters. The monoisotopic (exact) mass is 450 g/mol. The fraction of sp³-hybridized carbons (Fsp3) is 0.333. The number of nitrogens with zero attached hydrogens (tertiary/aromatic N) is 3. The van der Waals surface area contributed by atoms with E-state index in [1.54, 1.807) is 42.3 Å². The lowest BCUT2D eigenvalue weighted by Crippen LogP contribution is -2.31. The second-order valence-electron chi connectivity index (χ2n) is 7.68. The lowest BCUT2D eigenvalue weighted by Gasteiger charge is -2.22. The second kappa shape index (κ2) is 10.2. The Labute approximate surface area is 191 Å². The molecule has 9 nitrogen and oxygen atoms in total. The lowest BCUT2D eigenvalue weighted by atomic mass is 10.1. The highest BCUT2D eigenvalue weighted by Gasteiger charge is 2.33. The number of aromatic nitrogens is 2. The van der Waals surface area contributed by atoms with E-state index in [0.29, 0.717) is 41.0 Å².